The van der Waals surface area contributed by atoms with E-state index in [1.165, 1.54) is 5.56 Å². The Morgan fingerprint density at radius 1 is 1.08 bits per heavy atom. The van der Waals surface area contributed by atoms with Crippen molar-refractivity contribution in [1.29, 1.82) is 0 Å². The first kappa shape index (κ1) is 14.5. The summed E-state index contributed by atoms with van der Waals surface area (Å²) in [5.74, 6) is -0.375. The maximum atomic E-state index is 12.3. The Morgan fingerprint density at radius 2 is 2.00 bits per heavy atom. The monoisotopic (exact) mass is 336 g/mol. The molecule has 3 aliphatic rings. The molecule has 2 atom stereocenters. The maximum Gasteiger partial charge on any atom is 0.339 e. The van der Waals surface area contributed by atoms with Crippen molar-refractivity contribution in [3.63, 3.8) is 0 Å². The highest BCUT2D eigenvalue weighted by Crippen LogP contribution is 2.43. The highest BCUT2D eigenvalue weighted by atomic mass is 16.6. The third-order valence-corrected chi connectivity index (χ3v) is 5.41. The fourth-order valence-corrected chi connectivity index (χ4v) is 4.20. The Balaban J connectivity index is 1.60. The molecule has 2 aromatic rings. The van der Waals surface area contributed by atoms with Crippen LogP contribution in [0.3, 0.4) is 0 Å². The van der Waals surface area contributed by atoms with Gasteiger partial charge in [-0.2, -0.15) is 0 Å². The fraction of sp³-hybridized carbons (Fsp3) is 0.300. The van der Waals surface area contributed by atoms with E-state index in [9.17, 15) is 9.59 Å². The zero-order valence-corrected chi connectivity index (χ0v) is 13.5. The number of esters is 2. The molecule has 5 rings (SSSR count). The van der Waals surface area contributed by atoms with Crippen LogP contribution in [-0.4, -0.2) is 18.5 Å². The lowest BCUT2D eigenvalue weighted by Gasteiger charge is -2.27. The van der Waals surface area contributed by atoms with E-state index < -0.39 is 6.10 Å². The molecule has 0 bridgehead atoms. The number of cyclic esters (lactones) is 2. The molecular formula is C20H16O5. The number of aryl methyl sites for hydroxylation is 1. The molecule has 25 heavy (non-hydrogen) atoms. The van der Waals surface area contributed by atoms with E-state index >= 15 is 0 Å². The molecule has 0 radical (unpaired) electrons. The van der Waals surface area contributed by atoms with E-state index in [0.29, 0.717) is 12.2 Å². The summed E-state index contributed by atoms with van der Waals surface area (Å²) in [4.78, 5) is 24.2. The van der Waals surface area contributed by atoms with Gasteiger partial charge in [0.1, 0.15) is 6.61 Å². The topological polar surface area (TPSA) is 65.7 Å². The minimum Gasteiger partial charge on any atom is -0.472 e. The van der Waals surface area contributed by atoms with Crippen LogP contribution in [0.1, 0.15) is 45.1 Å². The smallest absolute Gasteiger partial charge is 0.339 e. The first-order chi connectivity index (χ1) is 12.2. The summed E-state index contributed by atoms with van der Waals surface area (Å²) in [5, 5.41) is 0. The molecule has 1 aromatic carbocycles. The van der Waals surface area contributed by atoms with Crippen LogP contribution in [0.15, 0.2) is 46.8 Å². The molecule has 0 N–H and O–H groups in total. The van der Waals surface area contributed by atoms with Crippen molar-refractivity contribution >= 4 is 11.9 Å². The van der Waals surface area contributed by atoms with Crippen molar-refractivity contribution < 1.29 is 23.5 Å². The minimum absolute atomic E-state index is 0.134. The Labute approximate surface area is 144 Å². The zero-order chi connectivity index (χ0) is 17.0. The van der Waals surface area contributed by atoms with Crippen molar-refractivity contribution in [2.24, 2.45) is 5.92 Å². The van der Waals surface area contributed by atoms with Gasteiger partial charge in [0.15, 0.2) is 6.10 Å². The van der Waals surface area contributed by atoms with Gasteiger partial charge in [0, 0.05) is 16.7 Å². The highest BCUT2D eigenvalue weighted by molar-refractivity contribution is 5.95. The maximum absolute atomic E-state index is 12.3. The average molecular weight is 336 g/mol. The lowest BCUT2D eigenvalue weighted by Crippen LogP contribution is -2.21. The summed E-state index contributed by atoms with van der Waals surface area (Å²) in [6.07, 6.45) is 7.17. The summed E-state index contributed by atoms with van der Waals surface area (Å²) in [5.41, 5.74) is 5.52. The van der Waals surface area contributed by atoms with Gasteiger partial charge in [-0.05, 0) is 54.5 Å². The van der Waals surface area contributed by atoms with Crippen molar-refractivity contribution in [3.05, 3.63) is 70.2 Å². The molecule has 3 heterocycles. The van der Waals surface area contributed by atoms with Gasteiger partial charge in [-0.1, -0.05) is 6.07 Å². The number of fused-ring (bicyclic) bond motifs is 3. The van der Waals surface area contributed by atoms with E-state index in [1.807, 2.05) is 24.3 Å². The molecule has 1 aliphatic carbocycles. The van der Waals surface area contributed by atoms with E-state index in [-0.39, 0.29) is 17.9 Å². The largest absolute Gasteiger partial charge is 0.472 e. The summed E-state index contributed by atoms with van der Waals surface area (Å²) < 4.78 is 15.9. The van der Waals surface area contributed by atoms with Crippen LogP contribution in [0, 0.1) is 5.92 Å². The molecular weight excluding hydrogens is 320 g/mol. The van der Waals surface area contributed by atoms with Gasteiger partial charge in [-0.15, -0.1) is 0 Å². The quantitative estimate of drug-likeness (QED) is 0.788. The summed E-state index contributed by atoms with van der Waals surface area (Å²) in [6.45, 7) is 0.365. The van der Waals surface area contributed by atoms with Crippen LogP contribution in [0.4, 0.5) is 0 Å². The standard InChI is InChI=1S/C20H16O5/c21-19-14(6-8-24-19)12-2-1-11-3-4-15-17(16(11)9-12)18(25-20(15)22)13-5-7-23-10-13/h3-7,10,12,18H,1-2,8-9H2. The van der Waals surface area contributed by atoms with Gasteiger partial charge < -0.3 is 13.9 Å². The van der Waals surface area contributed by atoms with E-state index in [0.717, 1.165) is 41.5 Å². The molecule has 5 heteroatoms. The molecule has 2 aliphatic heterocycles. The Hall–Kier alpha value is -2.82. The SMILES string of the molecule is O=C1OCC=C1C1CCc2ccc3c(c2C1)C(c1ccoc1)OC3=O. The normalized spacial score (nSPS) is 24.4. The molecule has 5 nitrogen and oxygen atoms in total. The second kappa shape index (κ2) is 5.34. The van der Waals surface area contributed by atoms with Crippen molar-refractivity contribution in [3.8, 4) is 0 Å². The van der Waals surface area contributed by atoms with Gasteiger partial charge in [0.25, 0.3) is 0 Å². The number of ether oxygens (including phenoxy) is 2. The average Bonchev–Trinajstić information content (AvgIpc) is 3.35. The molecule has 0 fully saturated rings. The number of carbonyl (C=O) groups excluding carboxylic acids is 2. The first-order valence-corrected chi connectivity index (χ1v) is 8.47. The van der Waals surface area contributed by atoms with Crippen LogP contribution in [0.5, 0.6) is 0 Å². The molecule has 1 aromatic heterocycles. The second-order valence-electron chi connectivity index (χ2n) is 6.70. The van der Waals surface area contributed by atoms with Crippen LogP contribution >= 0.6 is 0 Å². The summed E-state index contributed by atoms with van der Waals surface area (Å²) in [7, 11) is 0. The molecule has 0 saturated carbocycles. The van der Waals surface area contributed by atoms with E-state index in [2.05, 4.69) is 0 Å². The number of furan rings is 1. The lowest BCUT2D eigenvalue weighted by atomic mass is 9.76. The van der Waals surface area contributed by atoms with Gasteiger partial charge in [0.05, 0.1) is 18.1 Å². The number of benzene rings is 1. The van der Waals surface area contributed by atoms with Crippen LogP contribution in [-0.2, 0) is 27.1 Å². The van der Waals surface area contributed by atoms with Crippen molar-refractivity contribution in [2.75, 3.05) is 6.61 Å². The highest BCUT2D eigenvalue weighted by Gasteiger charge is 2.39. The second-order valence-corrected chi connectivity index (χ2v) is 6.70. The Bertz CT molecular complexity index is 906. The molecule has 0 saturated heterocycles. The molecule has 0 amide bonds. The van der Waals surface area contributed by atoms with E-state index in [4.69, 9.17) is 13.9 Å². The Morgan fingerprint density at radius 3 is 2.76 bits per heavy atom. The van der Waals surface area contributed by atoms with Gasteiger partial charge in [-0.25, -0.2) is 9.59 Å². The van der Waals surface area contributed by atoms with Crippen molar-refractivity contribution in [1.82, 2.24) is 0 Å². The predicted octanol–water partition coefficient (Wildman–Crippen LogP) is 3.13. The zero-order valence-electron chi connectivity index (χ0n) is 13.5. The van der Waals surface area contributed by atoms with Crippen molar-refractivity contribution in [2.45, 2.75) is 25.4 Å². The summed E-state index contributed by atoms with van der Waals surface area (Å²) in [6, 6.07) is 5.70. The third kappa shape index (κ3) is 2.15. The Kier molecular flexibility index (Phi) is 3.10. The molecule has 0 spiro atoms. The van der Waals surface area contributed by atoms with Gasteiger partial charge in [0.2, 0.25) is 0 Å². The van der Waals surface area contributed by atoms with Gasteiger partial charge >= 0.3 is 11.9 Å². The number of carbonyl (C=O) groups is 2. The first-order valence-electron chi connectivity index (χ1n) is 8.47. The third-order valence-electron chi connectivity index (χ3n) is 5.41. The molecule has 126 valence electrons. The lowest BCUT2D eigenvalue weighted by molar-refractivity contribution is -0.136. The number of hydrogen-bond acceptors (Lipinski definition) is 5. The molecule has 2 unspecified atom stereocenters. The van der Waals surface area contributed by atoms with Crippen LogP contribution < -0.4 is 0 Å². The van der Waals surface area contributed by atoms with E-state index in [1.54, 1.807) is 12.5 Å². The van der Waals surface area contributed by atoms with Crippen LogP contribution in [0.25, 0.3) is 0 Å². The van der Waals surface area contributed by atoms with Crippen LogP contribution in [0.2, 0.25) is 0 Å². The number of rotatable bonds is 2. The summed E-state index contributed by atoms with van der Waals surface area (Å²) >= 11 is 0. The van der Waals surface area contributed by atoms with Gasteiger partial charge in [-0.3, -0.25) is 0 Å². The fourth-order valence-electron chi connectivity index (χ4n) is 4.20. The number of hydrogen-bond donors (Lipinski definition) is 0. The minimum atomic E-state index is -0.431. The predicted molar refractivity (Wildman–Crippen MR) is 87.0 cm³/mol.